The Balaban J connectivity index is 2.24. The highest BCUT2D eigenvalue weighted by Crippen LogP contribution is 2.35. The van der Waals surface area contributed by atoms with Gasteiger partial charge in [-0.1, -0.05) is 13.2 Å². The van der Waals surface area contributed by atoms with Gasteiger partial charge >= 0.3 is 11.9 Å². The molecule has 0 fully saturated rings. The fraction of sp³-hybridized carbons (Fsp3) is 0.200. The highest BCUT2D eigenvalue weighted by atomic mass is 19.1. The first-order valence-electron chi connectivity index (χ1n) is 7.83. The van der Waals surface area contributed by atoms with Gasteiger partial charge in [0.05, 0.1) is 0 Å². The molecule has 1 aliphatic carbocycles. The highest BCUT2D eigenvalue weighted by molar-refractivity contribution is 5.89. The lowest BCUT2D eigenvalue weighted by atomic mass is 9.95. The molecule has 0 heterocycles. The Morgan fingerprint density at radius 2 is 1.62 bits per heavy atom. The molecule has 0 bridgehead atoms. The SMILES string of the molecule is C=C(C)C(=O)OC1=CC(F)=C(c2ccc(OC(=O)C(=C)C)cc2F)CC1. The Bertz CT molecular complexity index is 863. The van der Waals surface area contributed by atoms with Crippen molar-refractivity contribution in [1.29, 1.82) is 0 Å². The maximum absolute atomic E-state index is 14.4. The van der Waals surface area contributed by atoms with Crippen molar-refractivity contribution in [3.8, 4) is 5.75 Å². The molecule has 1 aromatic rings. The standard InChI is InChI=1S/C20H18F2O4/c1-11(2)19(23)25-13-5-7-15(17(21)9-13)16-8-6-14(10-18(16)22)26-20(24)12(3)4/h5,7,9-10H,1,3,6,8H2,2,4H3. The van der Waals surface area contributed by atoms with Gasteiger partial charge in [-0.2, -0.15) is 0 Å². The van der Waals surface area contributed by atoms with Crippen LogP contribution in [0, 0.1) is 5.82 Å². The largest absolute Gasteiger partial charge is 0.428 e. The summed E-state index contributed by atoms with van der Waals surface area (Å²) in [5.74, 6) is -2.56. The van der Waals surface area contributed by atoms with Crippen LogP contribution in [0.15, 0.2) is 60.2 Å². The number of rotatable bonds is 5. The van der Waals surface area contributed by atoms with Crippen LogP contribution in [-0.2, 0) is 14.3 Å². The van der Waals surface area contributed by atoms with Gasteiger partial charge in [-0.25, -0.2) is 18.4 Å². The van der Waals surface area contributed by atoms with E-state index >= 15 is 0 Å². The predicted octanol–water partition coefficient (Wildman–Crippen LogP) is 4.78. The molecule has 1 aliphatic rings. The number of halogens is 2. The zero-order valence-corrected chi connectivity index (χ0v) is 14.5. The van der Waals surface area contributed by atoms with Crippen molar-refractivity contribution < 1.29 is 27.8 Å². The van der Waals surface area contributed by atoms with Gasteiger partial charge in [-0.05, 0) is 38.0 Å². The van der Waals surface area contributed by atoms with Gasteiger partial charge in [0.2, 0.25) is 0 Å². The fourth-order valence-electron chi connectivity index (χ4n) is 2.22. The molecular formula is C20H18F2O4. The second-order valence-electron chi connectivity index (χ2n) is 5.92. The first-order chi connectivity index (χ1) is 12.2. The van der Waals surface area contributed by atoms with Gasteiger partial charge < -0.3 is 9.47 Å². The van der Waals surface area contributed by atoms with Crippen LogP contribution in [0.2, 0.25) is 0 Å². The lowest BCUT2D eigenvalue weighted by molar-refractivity contribution is -0.135. The summed E-state index contributed by atoms with van der Waals surface area (Å²) < 4.78 is 38.7. The number of benzene rings is 1. The molecule has 0 atom stereocenters. The molecular weight excluding hydrogens is 342 g/mol. The molecule has 136 valence electrons. The zero-order chi connectivity index (χ0) is 19.4. The molecule has 0 N–H and O–H groups in total. The summed E-state index contributed by atoms with van der Waals surface area (Å²) in [6.45, 7) is 9.85. The van der Waals surface area contributed by atoms with Gasteiger partial charge in [0.15, 0.2) is 0 Å². The van der Waals surface area contributed by atoms with Crippen LogP contribution in [0.4, 0.5) is 8.78 Å². The van der Waals surface area contributed by atoms with E-state index in [1.807, 2.05) is 0 Å². The summed E-state index contributed by atoms with van der Waals surface area (Å²) >= 11 is 0. The van der Waals surface area contributed by atoms with Crippen LogP contribution >= 0.6 is 0 Å². The minimum atomic E-state index is -0.724. The highest BCUT2D eigenvalue weighted by Gasteiger charge is 2.21. The average Bonchev–Trinajstić information content (AvgIpc) is 2.55. The van der Waals surface area contributed by atoms with Crippen LogP contribution < -0.4 is 4.74 Å². The minimum absolute atomic E-state index is 0.00249. The molecule has 0 aromatic heterocycles. The van der Waals surface area contributed by atoms with E-state index in [4.69, 9.17) is 9.47 Å². The molecule has 0 amide bonds. The second-order valence-corrected chi connectivity index (χ2v) is 5.92. The van der Waals surface area contributed by atoms with Crippen molar-refractivity contribution >= 4 is 17.5 Å². The Morgan fingerprint density at radius 1 is 1.00 bits per heavy atom. The molecule has 1 aromatic carbocycles. The molecule has 0 saturated carbocycles. The second kappa shape index (κ2) is 7.91. The summed E-state index contributed by atoms with van der Waals surface area (Å²) in [6.07, 6.45) is 1.46. The normalized spacial score (nSPS) is 13.8. The first-order valence-corrected chi connectivity index (χ1v) is 7.83. The molecule has 4 nitrogen and oxygen atoms in total. The van der Waals surface area contributed by atoms with Crippen molar-refractivity contribution in [1.82, 2.24) is 0 Å². The average molecular weight is 360 g/mol. The van der Waals surface area contributed by atoms with Gasteiger partial charge in [0, 0.05) is 35.3 Å². The van der Waals surface area contributed by atoms with E-state index in [1.54, 1.807) is 0 Å². The Hall–Kier alpha value is -3.02. The summed E-state index contributed by atoms with van der Waals surface area (Å²) in [4.78, 5) is 23.0. The smallest absolute Gasteiger partial charge is 0.338 e. The van der Waals surface area contributed by atoms with E-state index < -0.39 is 23.6 Å². The van der Waals surface area contributed by atoms with Crippen LogP contribution in [-0.4, -0.2) is 11.9 Å². The number of hydrogen-bond acceptors (Lipinski definition) is 4. The number of carbonyl (C=O) groups excluding carboxylic acids is 2. The molecule has 2 rings (SSSR count). The quantitative estimate of drug-likeness (QED) is 0.431. The number of ether oxygens (including phenoxy) is 2. The number of esters is 2. The van der Waals surface area contributed by atoms with E-state index in [9.17, 15) is 18.4 Å². The molecule has 6 heteroatoms. The van der Waals surface area contributed by atoms with Crippen LogP contribution in [0.5, 0.6) is 5.75 Å². The van der Waals surface area contributed by atoms with Crippen molar-refractivity contribution in [2.24, 2.45) is 0 Å². The Kier molecular flexibility index (Phi) is 5.87. The van der Waals surface area contributed by atoms with E-state index in [2.05, 4.69) is 13.2 Å². The number of allylic oxidation sites excluding steroid dienone is 4. The third kappa shape index (κ3) is 4.53. The maximum atomic E-state index is 14.4. The van der Waals surface area contributed by atoms with Crippen molar-refractivity contribution in [2.45, 2.75) is 26.7 Å². The van der Waals surface area contributed by atoms with E-state index in [-0.39, 0.29) is 46.6 Å². The van der Waals surface area contributed by atoms with Gasteiger partial charge in [0.1, 0.15) is 23.2 Å². The van der Waals surface area contributed by atoms with Crippen LogP contribution in [0.3, 0.4) is 0 Å². The number of carbonyl (C=O) groups is 2. The number of hydrogen-bond donors (Lipinski definition) is 0. The molecule has 0 unspecified atom stereocenters. The lowest BCUT2D eigenvalue weighted by Gasteiger charge is -2.17. The van der Waals surface area contributed by atoms with Crippen LogP contribution in [0.1, 0.15) is 32.3 Å². The summed E-state index contributed by atoms with van der Waals surface area (Å²) in [5, 5.41) is 0. The molecule has 26 heavy (non-hydrogen) atoms. The van der Waals surface area contributed by atoms with Gasteiger partial charge in [-0.15, -0.1) is 0 Å². The minimum Gasteiger partial charge on any atom is -0.428 e. The van der Waals surface area contributed by atoms with Crippen molar-refractivity contribution in [3.05, 3.63) is 71.5 Å². The fourth-order valence-corrected chi connectivity index (χ4v) is 2.22. The third-order valence-electron chi connectivity index (χ3n) is 3.59. The van der Waals surface area contributed by atoms with Crippen LogP contribution in [0.25, 0.3) is 5.57 Å². The van der Waals surface area contributed by atoms with Gasteiger partial charge in [-0.3, -0.25) is 0 Å². The molecule has 0 radical (unpaired) electrons. The monoisotopic (exact) mass is 360 g/mol. The van der Waals surface area contributed by atoms with Crippen molar-refractivity contribution in [2.75, 3.05) is 0 Å². The van der Waals surface area contributed by atoms with E-state index in [1.165, 1.54) is 26.0 Å². The molecule has 0 spiro atoms. The molecule has 0 aliphatic heterocycles. The van der Waals surface area contributed by atoms with Gasteiger partial charge in [0.25, 0.3) is 0 Å². The molecule has 0 saturated heterocycles. The van der Waals surface area contributed by atoms with E-state index in [0.717, 1.165) is 12.1 Å². The summed E-state index contributed by atoms with van der Waals surface area (Å²) in [5.41, 5.74) is 0.582. The first kappa shape index (κ1) is 19.3. The Morgan fingerprint density at radius 3 is 2.15 bits per heavy atom. The Labute approximate surface area is 150 Å². The van der Waals surface area contributed by atoms with E-state index in [0.29, 0.717) is 0 Å². The maximum Gasteiger partial charge on any atom is 0.338 e. The predicted molar refractivity (Wildman–Crippen MR) is 93.1 cm³/mol. The topological polar surface area (TPSA) is 52.6 Å². The third-order valence-corrected chi connectivity index (χ3v) is 3.59. The lowest BCUT2D eigenvalue weighted by Crippen LogP contribution is -2.09. The zero-order valence-electron chi connectivity index (χ0n) is 14.5. The summed E-state index contributed by atoms with van der Waals surface area (Å²) in [6, 6.07) is 3.72. The summed E-state index contributed by atoms with van der Waals surface area (Å²) in [7, 11) is 0. The van der Waals surface area contributed by atoms with Crippen molar-refractivity contribution in [3.63, 3.8) is 0 Å².